The summed E-state index contributed by atoms with van der Waals surface area (Å²) < 4.78 is 1.80. The van der Waals surface area contributed by atoms with Crippen molar-refractivity contribution >= 4 is 11.6 Å². The smallest absolute Gasteiger partial charge is 0.226 e. The molecule has 1 aromatic heterocycles. The SMILES string of the molecule is Cc1ccc(NC(=O)CC(C)n2nc(C)nc2C)c(C)c1. The first-order chi connectivity index (χ1) is 9.86. The van der Waals surface area contributed by atoms with E-state index in [0.29, 0.717) is 6.42 Å². The molecule has 0 aliphatic carbocycles. The van der Waals surface area contributed by atoms with Crippen LogP contribution < -0.4 is 5.32 Å². The Kier molecular flexibility index (Phi) is 4.40. The number of hydrogen-bond donors (Lipinski definition) is 1. The fourth-order valence-electron chi connectivity index (χ4n) is 2.46. The number of anilines is 1. The van der Waals surface area contributed by atoms with E-state index < -0.39 is 0 Å². The predicted molar refractivity (Wildman–Crippen MR) is 83.4 cm³/mol. The minimum absolute atomic E-state index is 0.0120. The molecule has 112 valence electrons. The van der Waals surface area contributed by atoms with Crippen molar-refractivity contribution in [3.05, 3.63) is 41.0 Å². The van der Waals surface area contributed by atoms with Gasteiger partial charge in [0.2, 0.25) is 5.91 Å². The Hall–Kier alpha value is -2.17. The highest BCUT2D eigenvalue weighted by atomic mass is 16.1. The summed E-state index contributed by atoms with van der Waals surface area (Å²) >= 11 is 0. The summed E-state index contributed by atoms with van der Waals surface area (Å²) in [5.74, 6) is 1.55. The molecular formula is C16H22N4O. The van der Waals surface area contributed by atoms with Crippen molar-refractivity contribution in [1.82, 2.24) is 14.8 Å². The lowest BCUT2D eigenvalue weighted by Gasteiger charge is -2.14. The number of rotatable bonds is 4. The number of carbonyl (C=O) groups is 1. The Bertz CT molecular complexity index is 660. The van der Waals surface area contributed by atoms with Crippen LogP contribution in [0.5, 0.6) is 0 Å². The fraction of sp³-hybridized carbons (Fsp3) is 0.438. The lowest BCUT2D eigenvalue weighted by atomic mass is 10.1. The van der Waals surface area contributed by atoms with Gasteiger partial charge in [0.25, 0.3) is 0 Å². The molecule has 0 saturated carbocycles. The number of aromatic nitrogens is 3. The summed E-state index contributed by atoms with van der Waals surface area (Å²) in [5.41, 5.74) is 3.13. The highest BCUT2D eigenvalue weighted by Gasteiger charge is 2.15. The number of benzene rings is 1. The molecule has 0 spiro atoms. The number of nitrogens with zero attached hydrogens (tertiary/aromatic N) is 3. The monoisotopic (exact) mass is 286 g/mol. The molecule has 2 rings (SSSR count). The van der Waals surface area contributed by atoms with Gasteiger partial charge in [0, 0.05) is 12.1 Å². The number of carbonyl (C=O) groups excluding carboxylic acids is 1. The molecule has 0 aliphatic rings. The Morgan fingerprint density at radius 2 is 2.00 bits per heavy atom. The van der Waals surface area contributed by atoms with Crippen molar-refractivity contribution in [3.63, 3.8) is 0 Å². The van der Waals surface area contributed by atoms with Crippen molar-refractivity contribution < 1.29 is 4.79 Å². The maximum absolute atomic E-state index is 12.2. The van der Waals surface area contributed by atoms with Gasteiger partial charge in [0.05, 0.1) is 6.04 Å². The standard InChI is InChI=1S/C16H22N4O/c1-10-6-7-15(11(2)8-10)18-16(21)9-12(3)20-14(5)17-13(4)19-20/h6-8,12H,9H2,1-5H3,(H,18,21). The van der Waals surface area contributed by atoms with Crippen LogP contribution in [0.2, 0.25) is 0 Å². The average Bonchev–Trinajstić information content (AvgIpc) is 2.72. The maximum Gasteiger partial charge on any atom is 0.226 e. The summed E-state index contributed by atoms with van der Waals surface area (Å²) in [7, 11) is 0. The van der Waals surface area contributed by atoms with E-state index >= 15 is 0 Å². The molecule has 0 fully saturated rings. The maximum atomic E-state index is 12.2. The summed E-state index contributed by atoms with van der Waals surface area (Å²) in [6.45, 7) is 9.76. The third-order valence-electron chi connectivity index (χ3n) is 3.46. The highest BCUT2D eigenvalue weighted by molar-refractivity contribution is 5.91. The molecule has 1 N–H and O–H groups in total. The molecule has 1 amide bonds. The summed E-state index contributed by atoms with van der Waals surface area (Å²) in [5, 5.41) is 7.29. The number of aryl methyl sites for hydroxylation is 4. The van der Waals surface area contributed by atoms with Gasteiger partial charge in [-0.2, -0.15) is 5.10 Å². The van der Waals surface area contributed by atoms with Crippen LogP contribution in [-0.2, 0) is 4.79 Å². The predicted octanol–water partition coefficient (Wildman–Crippen LogP) is 3.10. The van der Waals surface area contributed by atoms with Crippen LogP contribution in [0.3, 0.4) is 0 Å². The van der Waals surface area contributed by atoms with Gasteiger partial charge in [0.1, 0.15) is 11.6 Å². The second kappa shape index (κ2) is 6.08. The summed E-state index contributed by atoms with van der Waals surface area (Å²) in [4.78, 5) is 16.4. The van der Waals surface area contributed by atoms with Gasteiger partial charge in [-0.25, -0.2) is 9.67 Å². The van der Waals surface area contributed by atoms with Gasteiger partial charge in [-0.05, 0) is 46.2 Å². The number of hydrogen-bond acceptors (Lipinski definition) is 3. The Balaban J connectivity index is 2.03. The zero-order valence-electron chi connectivity index (χ0n) is 13.3. The van der Waals surface area contributed by atoms with E-state index in [4.69, 9.17) is 0 Å². The van der Waals surface area contributed by atoms with Crippen molar-refractivity contribution in [2.45, 2.75) is 47.1 Å². The van der Waals surface area contributed by atoms with Gasteiger partial charge in [-0.3, -0.25) is 4.79 Å². The van der Waals surface area contributed by atoms with E-state index in [1.807, 2.05) is 46.8 Å². The van der Waals surface area contributed by atoms with E-state index in [0.717, 1.165) is 22.9 Å². The largest absolute Gasteiger partial charge is 0.326 e. The molecule has 0 saturated heterocycles. The molecule has 1 aromatic carbocycles. The first-order valence-corrected chi connectivity index (χ1v) is 7.13. The van der Waals surface area contributed by atoms with E-state index in [9.17, 15) is 4.79 Å². The normalized spacial score (nSPS) is 12.2. The molecule has 1 heterocycles. The number of nitrogens with one attached hydrogen (secondary N) is 1. The van der Waals surface area contributed by atoms with Crippen molar-refractivity contribution in [2.75, 3.05) is 5.32 Å². The second-order valence-electron chi connectivity index (χ2n) is 5.57. The van der Waals surface area contributed by atoms with Crippen LogP contribution in [0.25, 0.3) is 0 Å². The zero-order chi connectivity index (χ0) is 15.6. The lowest BCUT2D eigenvalue weighted by molar-refractivity contribution is -0.116. The third kappa shape index (κ3) is 3.68. The van der Waals surface area contributed by atoms with E-state index in [-0.39, 0.29) is 11.9 Å². The molecule has 5 heteroatoms. The fourth-order valence-corrected chi connectivity index (χ4v) is 2.46. The van der Waals surface area contributed by atoms with Crippen LogP contribution >= 0.6 is 0 Å². The molecule has 1 atom stereocenters. The molecule has 0 bridgehead atoms. The third-order valence-corrected chi connectivity index (χ3v) is 3.46. The molecular weight excluding hydrogens is 264 g/mol. The highest BCUT2D eigenvalue weighted by Crippen LogP contribution is 2.18. The molecule has 0 aliphatic heterocycles. The second-order valence-corrected chi connectivity index (χ2v) is 5.57. The quantitative estimate of drug-likeness (QED) is 0.939. The first kappa shape index (κ1) is 15.2. The topological polar surface area (TPSA) is 59.8 Å². The van der Waals surface area contributed by atoms with Gasteiger partial charge in [0.15, 0.2) is 0 Å². The average molecular weight is 286 g/mol. The van der Waals surface area contributed by atoms with Crippen LogP contribution in [0.4, 0.5) is 5.69 Å². The minimum atomic E-state index is -0.0167. The lowest BCUT2D eigenvalue weighted by Crippen LogP contribution is -2.19. The first-order valence-electron chi connectivity index (χ1n) is 7.13. The number of amides is 1. The van der Waals surface area contributed by atoms with Crippen LogP contribution in [0.1, 0.15) is 42.2 Å². The van der Waals surface area contributed by atoms with Crippen molar-refractivity contribution in [2.24, 2.45) is 0 Å². The Morgan fingerprint density at radius 1 is 1.29 bits per heavy atom. The molecule has 21 heavy (non-hydrogen) atoms. The summed E-state index contributed by atoms with van der Waals surface area (Å²) in [6.07, 6.45) is 0.372. The van der Waals surface area contributed by atoms with Crippen LogP contribution in [0, 0.1) is 27.7 Å². The minimum Gasteiger partial charge on any atom is -0.326 e. The van der Waals surface area contributed by atoms with Crippen LogP contribution in [-0.4, -0.2) is 20.7 Å². The Labute approximate surface area is 125 Å². The van der Waals surface area contributed by atoms with Crippen LogP contribution in [0.15, 0.2) is 18.2 Å². The van der Waals surface area contributed by atoms with Gasteiger partial charge in [-0.15, -0.1) is 0 Å². The van der Waals surface area contributed by atoms with Crippen molar-refractivity contribution in [3.8, 4) is 0 Å². The molecule has 1 unspecified atom stereocenters. The van der Waals surface area contributed by atoms with E-state index in [1.54, 1.807) is 4.68 Å². The molecule has 2 aromatic rings. The van der Waals surface area contributed by atoms with Gasteiger partial charge < -0.3 is 5.32 Å². The summed E-state index contributed by atoms with van der Waals surface area (Å²) in [6, 6.07) is 5.98. The zero-order valence-corrected chi connectivity index (χ0v) is 13.3. The van der Waals surface area contributed by atoms with Gasteiger partial charge >= 0.3 is 0 Å². The van der Waals surface area contributed by atoms with E-state index in [1.165, 1.54) is 5.56 Å². The van der Waals surface area contributed by atoms with E-state index in [2.05, 4.69) is 21.5 Å². The Morgan fingerprint density at radius 3 is 2.57 bits per heavy atom. The molecule has 0 radical (unpaired) electrons. The molecule has 5 nitrogen and oxygen atoms in total. The van der Waals surface area contributed by atoms with Crippen molar-refractivity contribution in [1.29, 1.82) is 0 Å². The van der Waals surface area contributed by atoms with Gasteiger partial charge in [-0.1, -0.05) is 17.7 Å².